The fourth-order valence-electron chi connectivity index (χ4n) is 1.69. The molecule has 3 nitrogen and oxygen atoms in total. The van der Waals surface area contributed by atoms with Crippen LogP contribution in [0.25, 0.3) is 0 Å². The summed E-state index contributed by atoms with van der Waals surface area (Å²) in [5.74, 6) is -1.06. The number of hydrogen-bond acceptors (Lipinski definition) is 2. The fourth-order valence-corrected chi connectivity index (χ4v) is 1.69. The van der Waals surface area contributed by atoms with Gasteiger partial charge in [-0.05, 0) is 38.5 Å². The van der Waals surface area contributed by atoms with E-state index in [0.29, 0.717) is 13.1 Å². The molecule has 100 valence electrons. The van der Waals surface area contributed by atoms with E-state index >= 15 is 0 Å². The van der Waals surface area contributed by atoms with Gasteiger partial charge in [0.15, 0.2) is 0 Å². The van der Waals surface area contributed by atoms with Gasteiger partial charge in [-0.25, -0.2) is 4.39 Å². The molecule has 0 heterocycles. The highest BCUT2D eigenvalue weighted by molar-refractivity contribution is 5.66. The van der Waals surface area contributed by atoms with Crippen LogP contribution >= 0.6 is 0 Å². The average molecular weight is 253 g/mol. The van der Waals surface area contributed by atoms with Crippen molar-refractivity contribution >= 4 is 5.97 Å². The normalized spacial score (nSPS) is 11.8. The van der Waals surface area contributed by atoms with E-state index in [-0.39, 0.29) is 17.8 Å². The fraction of sp³-hybridized carbons (Fsp3) is 0.500. The van der Waals surface area contributed by atoms with Crippen LogP contribution in [0.1, 0.15) is 32.8 Å². The Bertz CT molecular complexity index is 395. The van der Waals surface area contributed by atoms with E-state index < -0.39 is 5.97 Å². The van der Waals surface area contributed by atoms with Crippen molar-refractivity contribution in [3.05, 3.63) is 35.6 Å². The van der Waals surface area contributed by atoms with Gasteiger partial charge >= 0.3 is 5.97 Å². The van der Waals surface area contributed by atoms with E-state index in [1.54, 1.807) is 12.1 Å². The van der Waals surface area contributed by atoms with Gasteiger partial charge in [-0.3, -0.25) is 9.69 Å². The van der Waals surface area contributed by atoms with E-state index in [1.165, 1.54) is 12.1 Å². The number of carboxylic acids is 1. The molecule has 0 aliphatic carbocycles. The molecule has 0 spiro atoms. The van der Waals surface area contributed by atoms with Crippen LogP contribution in [0.3, 0.4) is 0 Å². The Morgan fingerprint density at radius 1 is 1.28 bits per heavy atom. The zero-order valence-corrected chi connectivity index (χ0v) is 11.1. The van der Waals surface area contributed by atoms with Gasteiger partial charge in [-0.1, -0.05) is 12.1 Å². The maximum atomic E-state index is 12.8. The Labute approximate surface area is 107 Å². The first kappa shape index (κ1) is 14.6. The van der Waals surface area contributed by atoms with Crippen molar-refractivity contribution in [2.75, 3.05) is 6.54 Å². The summed E-state index contributed by atoms with van der Waals surface area (Å²) in [6.45, 7) is 7.22. The molecule has 1 aromatic rings. The summed E-state index contributed by atoms with van der Waals surface area (Å²) in [6, 6.07) is 6.31. The minimum Gasteiger partial charge on any atom is -0.481 e. The Kier molecular flexibility index (Phi) is 4.84. The molecule has 0 amide bonds. The lowest BCUT2D eigenvalue weighted by molar-refractivity contribution is -0.137. The van der Waals surface area contributed by atoms with Gasteiger partial charge in [-0.2, -0.15) is 0 Å². The van der Waals surface area contributed by atoms with Gasteiger partial charge in [0.1, 0.15) is 5.82 Å². The van der Waals surface area contributed by atoms with Crippen molar-refractivity contribution in [1.82, 2.24) is 4.90 Å². The molecule has 0 aliphatic heterocycles. The van der Waals surface area contributed by atoms with E-state index in [9.17, 15) is 9.18 Å². The summed E-state index contributed by atoms with van der Waals surface area (Å²) in [4.78, 5) is 12.7. The lowest BCUT2D eigenvalue weighted by Crippen LogP contribution is -2.41. The second-order valence-electron chi connectivity index (χ2n) is 5.36. The molecule has 1 N–H and O–H groups in total. The smallest absolute Gasteiger partial charge is 0.304 e. The van der Waals surface area contributed by atoms with Crippen LogP contribution in [-0.4, -0.2) is 28.1 Å². The third-order valence-electron chi connectivity index (χ3n) is 2.83. The third-order valence-corrected chi connectivity index (χ3v) is 2.83. The van der Waals surface area contributed by atoms with Gasteiger partial charge in [0.2, 0.25) is 0 Å². The van der Waals surface area contributed by atoms with Gasteiger partial charge < -0.3 is 5.11 Å². The molecule has 1 aromatic carbocycles. The Morgan fingerprint density at radius 3 is 2.28 bits per heavy atom. The van der Waals surface area contributed by atoms with Gasteiger partial charge in [0.05, 0.1) is 6.42 Å². The first-order valence-electron chi connectivity index (χ1n) is 6.00. The highest BCUT2D eigenvalue weighted by Crippen LogP contribution is 2.18. The van der Waals surface area contributed by atoms with Crippen LogP contribution in [0.5, 0.6) is 0 Å². The first-order valence-corrected chi connectivity index (χ1v) is 6.00. The first-order chi connectivity index (χ1) is 8.29. The van der Waals surface area contributed by atoms with E-state index in [1.807, 2.05) is 20.8 Å². The topological polar surface area (TPSA) is 40.5 Å². The number of halogens is 1. The monoisotopic (exact) mass is 253 g/mol. The lowest BCUT2D eigenvalue weighted by Gasteiger charge is -2.35. The molecule has 0 fully saturated rings. The molecule has 1 rings (SSSR count). The van der Waals surface area contributed by atoms with Gasteiger partial charge in [0.25, 0.3) is 0 Å². The number of carbonyl (C=O) groups is 1. The van der Waals surface area contributed by atoms with Crippen molar-refractivity contribution in [1.29, 1.82) is 0 Å². The van der Waals surface area contributed by atoms with Crippen LogP contribution in [0.15, 0.2) is 24.3 Å². The summed E-state index contributed by atoms with van der Waals surface area (Å²) < 4.78 is 12.8. The molecule has 0 aliphatic rings. The Morgan fingerprint density at radius 2 is 1.83 bits per heavy atom. The molecule has 0 saturated heterocycles. The minimum atomic E-state index is -0.802. The van der Waals surface area contributed by atoms with Crippen molar-refractivity contribution in [2.45, 2.75) is 39.3 Å². The second kappa shape index (κ2) is 5.96. The molecule has 4 heteroatoms. The molecule has 0 unspecified atom stereocenters. The third kappa shape index (κ3) is 4.84. The van der Waals surface area contributed by atoms with Crippen LogP contribution in [0.2, 0.25) is 0 Å². The predicted molar refractivity (Wildman–Crippen MR) is 68.8 cm³/mol. The highest BCUT2D eigenvalue weighted by Gasteiger charge is 2.21. The average Bonchev–Trinajstić information content (AvgIpc) is 2.24. The van der Waals surface area contributed by atoms with Crippen LogP contribution in [0, 0.1) is 5.82 Å². The van der Waals surface area contributed by atoms with Crippen molar-refractivity contribution in [3.8, 4) is 0 Å². The maximum absolute atomic E-state index is 12.8. The van der Waals surface area contributed by atoms with E-state index in [4.69, 9.17) is 5.11 Å². The number of hydrogen-bond donors (Lipinski definition) is 1. The molecular formula is C14H20FNO2. The van der Waals surface area contributed by atoms with Crippen LogP contribution < -0.4 is 0 Å². The Hall–Kier alpha value is -1.42. The molecular weight excluding hydrogens is 233 g/mol. The zero-order chi connectivity index (χ0) is 13.8. The van der Waals surface area contributed by atoms with Crippen molar-refractivity contribution < 1.29 is 14.3 Å². The number of carboxylic acid groups (broad SMARTS) is 1. The molecule has 0 bridgehead atoms. The second-order valence-corrected chi connectivity index (χ2v) is 5.36. The predicted octanol–water partition coefficient (Wildman–Crippen LogP) is 2.90. The molecule has 18 heavy (non-hydrogen) atoms. The zero-order valence-electron chi connectivity index (χ0n) is 11.1. The molecule has 0 aromatic heterocycles. The summed E-state index contributed by atoms with van der Waals surface area (Å²) in [7, 11) is 0. The van der Waals surface area contributed by atoms with Gasteiger partial charge in [-0.15, -0.1) is 0 Å². The number of nitrogens with zero attached hydrogens (tertiary/aromatic N) is 1. The van der Waals surface area contributed by atoms with Crippen LogP contribution in [-0.2, 0) is 11.3 Å². The molecule has 0 saturated carbocycles. The highest BCUT2D eigenvalue weighted by atomic mass is 19.1. The van der Waals surface area contributed by atoms with E-state index in [0.717, 1.165) is 5.56 Å². The molecule has 0 atom stereocenters. The lowest BCUT2D eigenvalue weighted by atomic mass is 10.0. The largest absolute Gasteiger partial charge is 0.481 e. The maximum Gasteiger partial charge on any atom is 0.304 e. The van der Waals surface area contributed by atoms with E-state index in [2.05, 4.69) is 4.90 Å². The SMILES string of the molecule is CC(C)(C)N(CCC(=O)O)Cc1ccc(F)cc1. The molecule has 0 radical (unpaired) electrons. The summed E-state index contributed by atoms with van der Waals surface area (Å²) in [6.07, 6.45) is 0.110. The minimum absolute atomic E-state index is 0.110. The van der Waals surface area contributed by atoms with Crippen LogP contribution in [0.4, 0.5) is 4.39 Å². The number of aliphatic carboxylic acids is 1. The standard InChI is InChI=1S/C14H20FNO2/c1-14(2,3)16(9-8-13(17)18)10-11-4-6-12(15)7-5-11/h4-7H,8-10H2,1-3H3,(H,17,18). The summed E-state index contributed by atoms with van der Waals surface area (Å²) >= 11 is 0. The van der Waals surface area contributed by atoms with Crippen molar-refractivity contribution in [3.63, 3.8) is 0 Å². The number of rotatable bonds is 5. The number of benzene rings is 1. The Balaban J connectivity index is 2.72. The van der Waals surface area contributed by atoms with Gasteiger partial charge in [0, 0.05) is 18.6 Å². The van der Waals surface area contributed by atoms with Crippen molar-refractivity contribution in [2.24, 2.45) is 0 Å². The summed E-state index contributed by atoms with van der Waals surface area (Å²) in [5, 5.41) is 8.75. The summed E-state index contributed by atoms with van der Waals surface area (Å²) in [5.41, 5.74) is 0.862. The quantitative estimate of drug-likeness (QED) is 0.877.